The van der Waals surface area contributed by atoms with Gasteiger partial charge in [0, 0.05) is 5.39 Å². The molecule has 68 valence electrons. The fraction of sp³-hybridized carbons (Fsp3) is 0.200. The van der Waals surface area contributed by atoms with Gasteiger partial charge < -0.3 is 0 Å². The summed E-state index contributed by atoms with van der Waals surface area (Å²) in [6.07, 6.45) is 1.28. The molecule has 1 N–H and O–H groups in total. The maximum absolute atomic E-state index is 11.1. The van der Waals surface area contributed by atoms with Crippen molar-refractivity contribution in [1.82, 2.24) is 10.2 Å². The molecule has 0 saturated heterocycles. The predicted molar refractivity (Wildman–Crippen MR) is 53.7 cm³/mol. The van der Waals surface area contributed by atoms with E-state index in [4.69, 9.17) is 0 Å². The lowest BCUT2D eigenvalue weighted by Gasteiger charge is -1.91. The van der Waals surface area contributed by atoms with Gasteiger partial charge in [0.15, 0.2) is 0 Å². The largest absolute Gasteiger partial charge is 0.287 e. The number of aromatic nitrogens is 2. The Morgan fingerprint density at radius 1 is 1.23 bits per heavy atom. The van der Waals surface area contributed by atoms with Crippen molar-refractivity contribution < 1.29 is 0 Å². The maximum atomic E-state index is 11.1. The summed E-state index contributed by atoms with van der Waals surface area (Å²) in [5.41, 5.74) is 0.736. The highest BCUT2D eigenvalue weighted by molar-refractivity contribution is 5.76. The van der Waals surface area contributed by atoms with Gasteiger partial charge in [-0.05, 0) is 12.1 Å². The molecule has 1 aromatic heterocycles. The molecule has 0 aliphatic carbocycles. The lowest BCUT2D eigenvalue weighted by molar-refractivity contribution is 1.06. The number of hydrogen-bond acceptors (Lipinski definition) is 2. The van der Waals surface area contributed by atoms with Gasteiger partial charge in [-0.25, -0.2) is 0 Å². The molecule has 0 amide bonds. The third-order valence-corrected chi connectivity index (χ3v) is 1.56. The van der Waals surface area contributed by atoms with Gasteiger partial charge in [-0.1, -0.05) is 26.0 Å². The van der Waals surface area contributed by atoms with Crippen LogP contribution in [-0.2, 0) is 0 Å². The number of aromatic amines is 1. The first-order valence-corrected chi connectivity index (χ1v) is 4.30. The summed E-state index contributed by atoms with van der Waals surface area (Å²) in [4.78, 5) is 11.1. The number of rotatable bonds is 0. The molecule has 0 spiro atoms. The van der Waals surface area contributed by atoms with Gasteiger partial charge in [-0.2, -0.15) is 5.10 Å². The van der Waals surface area contributed by atoms with Gasteiger partial charge in [0.05, 0.1) is 11.7 Å². The smallest absolute Gasteiger partial charge is 0.207 e. The van der Waals surface area contributed by atoms with Crippen LogP contribution in [0.15, 0.2) is 35.3 Å². The van der Waals surface area contributed by atoms with E-state index in [1.54, 1.807) is 6.07 Å². The van der Waals surface area contributed by atoms with Crippen LogP contribution in [0.1, 0.15) is 13.8 Å². The quantitative estimate of drug-likeness (QED) is 0.666. The van der Waals surface area contributed by atoms with Crippen molar-refractivity contribution in [3.63, 3.8) is 0 Å². The third-order valence-electron chi connectivity index (χ3n) is 1.56. The number of fused-ring (bicyclic) bond motifs is 1. The van der Waals surface area contributed by atoms with Crippen molar-refractivity contribution in [1.29, 1.82) is 0 Å². The normalized spacial score (nSPS) is 9.08. The number of nitrogens with one attached hydrogen (secondary N) is 1. The number of para-hydroxylation sites is 1. The van der Waals surface area contributed by atoms with Crippen LogP contribution in [-0.4, -0.2) is 10.2 Å². The molecule has 0 unspecified atom stereocenters. The van der Waals surface area contributed by atoms with E-state index >= 15 is 0 Å². The van der Waals surface area contributed by atoms with Gasteiger partial charge in [-0.15, -0.1) is 0 Å². The van der Waals surface area contributed by atoms with Crippen molar-refractivity contribution in [2.75, 3.05) is 0 Å². The molecule has 0 bridgehead atoms. The monoisotopic (exact) mass is 176 g/mol. The Kier molecular flexibility index (Phi) is 3.20. The Bertz CT molecular complexity index is 429. The third kappa shape index (κ3) is 1.93. The number of hydrogen-bond donors (Lipinski definition) is 1. The molecule has 13 heavy (non-hydrogen) atoms. The average molecular weight is 176 g/mol. The Morgan fingerprint density at radius 2 is 1.92 bits per heavy atom. The fourth-order valence-corrected chi connectivity index (χ4v) is 1.03. The molecule has 1 aromatic carbocycles. The second-order valence-electron chi connectivity index (χ2n) is 2.28. The van der Waals surface area contributed by atoms with E-state index < -0.39 is 0 Å². The molecule has 0 radical (unpaired) electrons. The molecule has 0 saturated carbocycles. The molecule has 2 aromatic rings. The molecule has 0 aliphatic rings. The molecule has 2 rings (SSSR count). The zero-order valence-corrected chi connectivity index (χ0v) is 7.74. The molecule has 3 nitrogen and oxygen atoms in total. The summed E-state index contributed by atoms with van der Waals surface area (Å²) >= 11 is 0. The van der Waals surface area contributed by atoms with Crippen molar-refractivity contribution in [3.8, 4) is 0 Å². The van der Waals surface area contributed by atoms with Gasteiger partial charge in [0.25, 0.3) is 0 Å². The van der Waals surface area contributed by atoms with E-state index in [0.29, 0.717) is 5.39 Å². The van der Waals surface area contributed by atoms with Crippen molar-refractivity contribution in [3.05, 3.63) is 40.7 Å². The second-order valence-corrected chi connectivity index (χ2v) is 2.28. The van der Waals surface area contributed by atoms with Gasteiger partial charge in [-0.3, -0.25) is 9.89 Å². The highest BCUT2D eigenvalue weighted by atomic mass is 16.1. The number of benzene rings is 1. The average Bonchev–Trinajstić information content (AvgIpc) is 2.22. The van der Waals surface area contributed by atoms with Crippen LogP contribution >= 0.6 is 0 Å². The first-order chi connectivity index (χ1) is 6.38. The van der Waals surface area contributed by atoms with Crippen LogP contribution in [0.4, 0.5) is 0 Å². The molecule has 0 atom stereocenters. The Hall–Kier alpha value is -1.64. The standard InChI is InChI=1S/C8H6N2O.C2H6/c11-8-5-9-10-7-4-2-1-3-6(7)8;1-2/h1-5H,(H,10,11);1-2H3. The summed E-state index contributed by atoms with van der Waals surface area (Å²) in [5, 5.41) is 7.10. The molecular formula is C10H12N2O. The highest BCUT2D eigenvalue weighted by Gasteiger charge is 1.93. The first-order valence-electron chi connectivity index (χ1n) is 4.30. The first kappa shape index (κ1) is 9.45. The highest BCUT2D eigenvalue weighted by Crippen LogP contribution is 2.02. The number of H-pyrrole nitrogens is 1. The van der Waals surface area contributed by atoms with Gasteiger partial charge in [0.2, 0.25) is 5.43 Å². The number of nitrogens with zero attached hydrogens (tertiary/aromatic N) is 1. The van der Waals surface area contributed by atoms with Crippen LogP contribution in [0.2, 0.25) is 0 Å². The summed E-state index contributed by atoms with van der Waals surface area (Å²) < 4.78 is 0. The van der Waals surface area contributed by atoms with Crippen molar-refractivity contribution in [2.24, 2.45) is 0 Å². The van der Waals surface area contributed by atoms with E-state index in [1.165, 1.54) is 6.20 Å². The lowest BCUT2D eigenvalue weighted by Crippen LogP contribution is -2.01. The molecule has 1 heterocycles. The molecule has 0 fully saturated rings. The fourth-order valence-electron chi connectivity index (χ4n) is 1.03. The minimum atomic E-state index is -0.0423. The second kappa shape index (κ2) is 4.40. The topological polar surface area (TPSA) is 45.8 Å². The summed E-state index contributed by atoms with van der Waals surface area (Å²) in [5.74, 6) is 0. The Labute approximate surface area is 76.4 Å². The summed E-state index contributed by atoms with van der Waals surface area (Å²) in [6.45, 7) is 4.00. The lowest BCUT2D eigenvalue weighted by atomic mass is 10.2. The van der Waals surface area contributed by atoms with Crippen LogP contribution in [0.3, 0.4) is 0 Å². The van der Waals surface area contributed by atoms with E-state index in [9.17, 15) is 4.79 Å². The maximum Gasteiger partial charge on any atom is 0.207 e. The van der Waals surface area contributed by atoms with Crippen molar-refractivity contribution >= 4 is 10.9 Å². The Balaban J connectivity index is 0.000000396. The van der Waals surface area contributed by atoms with E-state index in [2.05, 4.69) is 10.2 Å². The minimum Gasteiger partial charge on any atom is -0.287 e. The Morgan fingerprint density at radius 3 is 2.62 bits per heavy atom. The van der Waals surface area contributed by atoms with Crippen LogP contribution in [0.5, 0.6) is 0 Å². The predicted octanol–water partition coefficient (Wildman–Crippen LogP) is 1.95. The summed E-state index contributed by atoms with van der Waals surface area (Å²) in [6, 6.07) is 7.29. The summed E-state index contributed by atoms with van der Waals surface area (Å²) in [7, 11) is 0. The molecular weight excluding hydrogens is 164 g/mol. The minimum absolute atomic E-state index is 0.0423. The van der Waals surface area contributed by atoms with Gasteiger partial charge >= 0.3 is 0 Å². The zero-order chi connectivity index (χ0) is 9.68. The van der Waals surface area contributed by atoms with Gasteiger partial charge in [0.1, 0.15) is 0 Å². The van der Waals surface area contributed by atoms with E-state index in [0.717, 1.165) is 5.52 Å². The van der Waals surface area contributed by atoms with Crippen LogP contribution < -0.4 is 5.43 Å². The van der Waals surface area contributed by atoms with Crippen LogP contribution in [0.25, 0.3) is 10.9 Å². The van der Waals surface area contributed by atoms with E-state index in [1.807, 2.05) is 32.0 Å². The molecule has 3 heteroatoms. The molecule has 0 aliphatic heterocycles. The zero-order valence-electron chi connectivity index (χ0n) is 7.74. The van der Waals surface area contributed by atoms with E-state index in [-0.39, 0.29) is 5.43 Å². The SMILES string of the molecule is CC.O=c1cn[nH]c2ccccc12. The van der Waals surface area contributed by atoms with Crippen molar-refractivity contribution in [2.45, 2.75) is 13.8 Å². The van der Waals surface area contributed by atoms with Crippen LogP contribution in [0, 0.1) is 0 Å².